The van der Waals surface area contributed by atoms with Gasteiger partial charge < -0.3 is 20.3 Å². The Kier molecular flexibility index (Phi) is 9.11. The second-order valence-corrected chi connectivity index (χ2v) is 6.80. The van der Waals surface area contributed by atoms with Crippen LogP contribution in [0.5, 0.6) is 5.75 Å². The summed E-state index contributed by atoms with van der Waals surface area (Å²) >= 11 is 6.28. The summed E-state index contributed by atoms with van der Waals surface area (Å²) in [5.74, 6) is 2.51. The van der Waals surface area contributed by atoms with Crippen molar-refractivity contribution in [3.63, 3.8) is 0 Å². The lowest BCUT2D eigenvalue weighted by Crippen LogP contribution is -2.44. The fourth-order valence-electron chi connectivity index (χ4n) is 3.19. The topological polar surface area (TPSA) is 61.8 Å². The van der Waals surface area contributed by atoms with Crippen molar-refractivity contribution in [3.05, 3.63) is 53.2 Å². The molecule has 152 valence electrons. The van der Waals surface area contributed by atoms with Gasteiger partial charge in [0.15, 0.2) is 5.96 Å². The van der Waals surface area contributed by atoms with E-state index in [4.69, 9.17) is 21.3 Å². The molecule has 2 heterocycles. The van der Waals surface area contributed by atoms with Crippen molar-refractivity contribution in [1.29, 1.82) is 0 Å². The third-order valence-corrected chi connectivity index (χ3v) is 4.81. The predicted octanol–water partition coefficient (Wildman–Crippen LogP) is 3.70. The molecular weight excluding hydrogens is 489 g/mol. The summed E-state index contributed by atoms with van der Waals surface area (Å²) < 4.78 is 5.41. The van der Waals surface area contributed by atoms with Crippen molar-refractivity contribution in [2.75, 3.05) is 31.6 Å². The molecule has 1 aliphatic heterocycles. The van der Waals surface area contributed by atoms with Gasteiger partial charge in [-0.3, -0.25) is 0 Å². The van der Waals surface area contributed by atoms with Crippen molar-refractivity contribution < 1.29 is 4.74 Å². The molecule has 0 bridgehead atoms. The van der Waals surface area contributed by atoms with E-state index in [9.17, 15) is 0 Å². The van der Waals surface area contributed by atoms with Crippen LogP contribution >= 0.6 is 35.6 Å². The number of aliphatic imine (C=N–C) groups is 1. The second kappa shape index (κ2) is 11.3. The van der Waals surface area contributed by atoms with Gasteiger partial charge in [0.05, 0.1) is 18.7 Å². The van der Waals surface area contributed by atoms with Crippen LogP contribution in [0.25, 0.3) is 0 Å². The molecule has 0 amide bonds. The molecule has 2 N–H and O–H groups in total. The smallest absolute Gasteiger partial charge is 0.191 e. The number of guanidine groups is 1. The Morgan fingerprint density at radius 2 is 2.14 bits per heavy atom. The van der Waals surface area contributed by atoms with Gasteiger partial charge in [-0.15, -0.1) is 24.0 Å². The molecule has 1 fully saturated rings. The zero-order valence-corrected chi connectivity index (χ0v) is 19.3. The number of hydrogen-bond donors (Lipinski definition) is 2. The summed E-state index contributed by atoms with van der Waals surface area (Å²) in [7, 11) is 1.68. The van der Waals surface area contributed by atoms with Crippen molar-refractivity contribution >= 4 is 47.4 Å². The Bertz CT molecular complexity index is 789. The van der Waals surface area contributed by atoms with E-state index in [1.54, 1.807) is 13.3 Å². The molecule has 6 nitrogen and oxygen atoms in total. The lowest BCUT2D eigenvalue weighted by Gasteiger charge is -2.20. The molecule has 8 heteroatoms. The normalized spacial score (nSPS) is 16.5. The highest BCUT2D eigenvalue weighted by molar-refractivity contribution is 14.0. The van der Waals surface area contributed by atoms with Gasteiger partial charge in [0, 0.05) is 37.4 Å². The molecule has 0 saturated carbocycles. The number of para-hydroxylation sites is 1. The second-order valence-electron chi connectivity index (χ2n) is 6.39. The average molecular weight is 516 g/mol. The molecular formula is C20H27ClIN5O. The summed E-state index contributed by atoms with van der Waals surface area (Å²) in [4.78, 5) is 11.3. The summed E-state index contributed by atoms with van der Waals surface area (Å²) in [6.07, 6.45) is 2.78. The molecule has 3 rings (SSSR count). The Morgan fingerprint density at radius 1 is 1.32 bits per heavy atom. The first-order chi connectivity index (χ1) is 13.2. The first-order valence-corrected chi connectivity index (χ1v) is 9.61. The van der Waals surface area contributed by atoms with Gasteiger partial charge in [-0.05, 0) is 31.5 Å². The number of benzene rings is 1. The third kappa shape index (κ3) is 5.88. The van der Waals surface area contributed by atoms with Crippen LogP contribution in [0.2, 0.25) is 5.02 Å². The van der Waals surface area contributed by atoms with Gasteiger partial charge in [0.1, 0.15) is 11.6 Å². The Labute approximate surface area is 188 Å². The Hall–Kier alpha value is -1.74. The summed E-state index contributed by atoms with van der Waals surface area (Å²) in [6, 6.07) is 12.0. The molecule has 0 spiro atoms. The van der Waals surface area contributed by atoms with Crippen molar-refractivity contribution in [2.45, 2.75) is 25.9 Å². The van der Waals surface area contributed by atoms with Crippen LogP contribution in [0.1, 0.15) is 18.9 Å². The van der Waals surface area contributed by atoms with E-state index in [1.807, 2.05) is 36.4 Å². The zero-order valence-electron chi connectivity index (χ0n) is 16.2. The average Bonchev–Trinajstić information content (AvgIpc) is 3.15. The molecule has 1 saturated heterocycles. The van der Waals surface area contributed by atoms with E-state index in [0.29, 0.717) is 17.6 Å². The van der Waals surface area contributed by atoms with Gasteiger partial charge in [0.2, 0.25) is 0 Å². The van der Waals surface area contributed by atoms with Crippen LogP contribution in [0, 0.1) is 0 Å². The van der Waals surface area contributed by atoms with Gasteiger partial charge in [-0.25, -0.2) is 9.98 Å². The van der Waals surface area contributed by atoms with Crippen molar-refractivity contribution in [2.24, 2.45) is 4.99 Å². The number of halogens is 2. The fraction of sp³-hybridized carbons (Fsp3) is 0.400. The predicted molar refractivity (Wildman–Crippen MR) is 126 cm³/mol. The lowest BCUT2D eigenvalue weighted by molar-refractivity contribution is 0.410. The highest BCUT2D eigenvalue weighted by atomic mass is 127. The van der Waals surface area contributed by atoms with E-state index in [2.05, 4.69) is 27.4 Å². The number of aromatic nitrogens is 1. The van der Waals surface area contributed by atoms with Crippen molar-refractivity contribution in [1.82, 2.24) is 15.6 Å². The molecule has 0 aliphatic carbocycles. The highest BCUT2D eigenvalue weighted by Crippen LogP contribution is 2.25. The number of pyridine rings is 1. The standard InChI is InChI=1S/C20H26ClN5O.HI/c1-3-22-20(24-13-15-7-4-5-9-18(15)27-2)25-16-10-12-26(14-16)19-17(21)8-6-11-23-19;/h4-9,11,16H,3,10,12-14H2,1-2H3,(H2,22,24,25);1H. The highest BCUT2D eigenvalue weighted by Gasteiger charge is 2.25. The van der Waals surface area contributed by atoms with Gasteiger partial charge in [-0.2, -0.15) is 0 Å². The molecule has 0 radical (unpaired) electrons. The van der Waals surface area contributed by atoms with Gasteiger partial charge >= 0.3 is 0 Å². The maximum atomic E-state index is 6.28. The number of ether oxygens (including phenoxy) is 1. The van der Waals surface area contributed by atoms with Crippen molar-refractivity contribution in [3.8, 4) is 5.75 Å². The quantitative estimate of drug-likeness (QED) is 0.349. The number of nitrogens with one attached hydrogen (secondary N) is 2. The molecule has 28 heavy (non-hydrogen) atoms. The number of nitrogens with zero attached hydrogens (tertiary/aromatic N) is 3. The van der Waals surface area contributed by atoms with Gasteiger partial charge in [-0.1, -0.05) is 29.8 Å². The third-order valence-electron chi connectivity index (χ3n) is 4.51. The zero-order chi connectivity index (χ0) is 19.1. The summed E-state index contributed by atoms with van der Waals surface area (Å²) in [5.41, 5.74) is 1.06. The van der Waals surface area contributed by atoms with Gasteiger partial charge in [0.25, 0.3) is 0 Å². The number of anilines is 1. The van der Waals surface area contributed by atoms with E-state index < -0.39 is 0 Å². The Morgan fingerprint density at radius 3 is 2.89 bits per heavy atom. The summed E-state index contributed by atoms with van der Waals surface area (Å²) in [5, 5.41) is 7.54. The molecule has 2 aromatic rings. The van der Waals surface area contributed by atoms with E-state index in [-0.39, 0.29) is 24.0 Å². The first kappa shape index (κ1) is 22.5. The van der Waals surface area contributed by atoms with Crippen LogP contribution in [0.4, 0.5) is 5.82 Å². The number of hydrogen-bond acceptors (Lipinski definition) is 4. The number of methoxy groups -OCH3 is 1. The monoisotopic (exact) mass is 515 g/mol. The molecule has 1 aliphatic rings. The van der Waals surface area contributed by atoms with Crippen LogP contribution in [0.3, 0.4) is 0 Å². The summed E-state index contributed by atoms with van der Waals surface area (Å²) in [6.45, 7) is 5.19. The van der Waals surface area contributed by atoms with E-state index in [0.717, 1.165) is 49.1 Å². The van der Waals surface area contributed by atoms with Crippen LogP contribution in [-0.2, 0) is 6.54 Å². The molecule has 1 atom stereocenters. The largest absolute Gasteiger partial charge is 0.496 e. The minimum atomic E-state index is 0. The van der Waals surface area contributed by atoms with Crippen LogP contribution in [0.15, 0.2) is 47.6 Å². The SMILES string of the molecule is CCNC(=NCc1ccccc1OC)NC1CCN(c2ncccc2Cl)C1.I. The molecule has 1 unspecified atom stereocenters. The first-order valence-electron chi connectivity index (χ1n) is 9.23. The maximum Gasteiger partial charge on any atom is 0.191 e. The van der Waals surface area contributed by atoms with E-state index >= 15 is 0 Å². The lowest BCUT2D eigenvalue weighted by atomic mass is 10.2. The fourth-order valence-corrected chi connectivity index (χ4v) is 3.43. The van der Waals surface area contributed by atoms with Crippen LogP contribution in [-0.4, -0.2) is 43.7 Å². The van der Waals surface area contributed by atoms with Crippen LogP contribution < -0.4 is 20.3 Å². The molecule has 1 aromatic heterocycles. The number of rotatable bonds is 6. The maximum absolute atomic E-state index is 6.28. The molecule has 1 aromatic carbocycles. The minimum absolute atomic E-state index is 0. The Balaban J connectivity index is 0.00000280. The van der Waals surface area contributed by atoms with E-state index in [1.165, 1.54) is 0 Å². The minimum Gasteiger partial charge on any atom is -0.496 e.